The maximum absolute atomic E-state index is 15.1. The maximum atomic E-state index is 15.1. The summed E-state index contributed by atoms with van der Waals surface area (Å²) in [4.78, 5) is 47.7. The van der Waals surface area contributed by atoms with Gasteiger partial charge >= 0.3 is 0 Å². The number of likely N-dealkylation sites (tertiary alicyclic amines) is 2. The van der Waals surface area contributed by atoms with Crippen LogP contribution in [0.25, 0.3) is 0 Å². The molecule has 1 unspecified atom stereocenters. The molecule has 2 aromatic rings. The SMILES string of the molecule is O=C(CC1(c2ccccc2F)CC(=O)N(C2CCCCC2)C1=O)N1CCC(O)(c2cccnc2)CC1. The Morgan fingerprint density at radius 2 is 1.78 bits per heavy atom. The Morgan fingerprint density at radius 3 is 2.44 bits per heavy atom. The number of aromatic nitrogens is 1. The van der Waals surface area contributed by atoms with Gasteiger partial charge in [0.15, 0.2) is 0 Å². The van der Waals surface area contributed by atoms with Crippen molar-refractivity contribution in [2.45, 2.75) is 74.8 Å². The van der Waals surface area contributed by atoms with Crippen LogP contribution < -0.4 is 0 Å². The first-order valence-corrected chi connectivity index (χ1v) is 12.9. The Labute approximate surface area is 210 Å². The number of rotatable bonds is 5. The van der Waals surface area contributed by atoms with E-state index in [4.69, 9.17) is 0 Å². The van der Waals surface area contributed by atoms with Gasteiger partial charge in [0, 0.05) is 55.5 Å². The van der Waals surface area contributed by atoms with Crippen LogP contribution in [0.3, 0.4) is 0 Å². The minimum absolute atomic E-state index is 0.110. The smallest absolute Gasteiger partial charge is 0.241 e. The highest BCUT2D eigenvalue weighted by molar-refractivity contribution is 6.11. The summed E-state index contributed by atoms with van der Waals surface area (Å²) in [6, 6.07) is 9.38. The van der Waals surface area contributed by atoms with E-state index in [0.29, 0.717) is 31.5 Å². The number of benzene rings is 1. The molecule has 1 aromatic carbocycles. The van der Waals surface area contributed by atoms with Crippen LogP contribution in [-0.2, 0) is 25.4 Å². The van der Waals surface area contributed by atoms with Crippen molar-refractivity contribution in [2.24, 2.45) is 0 Å². The van der Waals surface area contributed by atoms with Crippen molar-refractivity contribution >= 4 is 17.7 Å². The molecule has 0 spiro atoms. The van der Waals surface area contributed by atoms with E-state index in [0.717, 1.165) is 32.1 Å². The molecule has 2 aliphatic heterocycles. The average molecular weight is 494 g/mol. The van der Waals surface area contributed by atoms with E-state index < -0.39 is 22.7 Å². The number of nitrogens with zero attached hydrogens (tertiary/aromatic N) is 3. The molecule has 1 aromatic heterocycles. The Hall–Kier alpha value is -3.13. The van der Waals surface area contributed by atoms with Crippen molar-refractivity contribution in [1.82, 2.24) is 14.8 Å². The van der Waals surface area contributed by atoms with Crippen LogP contribution in [0.2, 0.25) is 0 Å². The number of carbonyl (C=O) groups excluding carboxylic acids is 3. The van der Waals surface area contributed by atoms with E-state index in [-0.39, 0.29) is 36.3 Å². The van der Waals surface area contributed by atoms with Crippen molar-refractivity contribution in [2.75, 3.05) is 13.1 Å². The molecule has 1 atom stereocenters. The predicted molar refractivity (Wildman–Crippen MR) is 130 cm³/mol. The number of aliphatic hydroxyl groups is 1. The molecule has 7 nitrogen and oxygen atoms in total. The number of halogens is 1. The lowest BCUT2D eigenvalue weighted by Crippen LogP contribution is -2.49. The monoisotopic (exact) mass is 493 g/mol. The van der Waals surface area contributed by atoms with E-state index >= 15 is 4.39 Å². The normalized spacial score (nSPS) is 24.8. The van der Waals surface area contributed by atoms with Crippen molar-refractivity contribution in [3.8, 4) is 0 Å². The summed E-state index contributed by atoms with van der Waals surface area (Å²) >= 11 is 0. The van der Waals surface area contributed by atoms with Crippen LogP contribution in [0, 0.1) is 5.82 Å². The first kappa shape index (κ1) is 24.6. The van der Waals surface area contributed by atoms with Gasteiger partial charge in [-0.05, 0) is 37.8 Å². The van der Waals surface area contributed by atoms with Gasteiger partial charge < -0.3 is 10.0 Å². The number of pyridine rings is 1. The molecule has 8 heteroatoms. The van der Waals surface area contributed by atoms with Crippen molar-refractivity contribution in [1.29, 1.82) is 0 Å². The zero-order chi connectivity index (χ0) is 25.3. The Morgan fingerprint density at radius 1 is 1.06 bits per heavy atom. The summed E-state index contributed by atoms with van der Waals surface area (Å²) in [5.74, 6) is -1.67. The van der Waals surface area contributed by atoms with Gasteiger partial charge in [-0.25, -0.2) is 4.39 Å². The summed E-state index contributed by atoms with van der Waals surface area (Å²) in [6.07, 6.45) is 7.92. The van der Waals surface area contributed by atoms with E-state index in [9.17, 15) is 19.5 Å². The largest absolute Gasteiger partial charge is 0.385 e. The third kappa shape index (κ3) is 4.32. The minimum Gasteiger partial charge on any atom is -0.385 e. The number of amides is 3. The van der Waals surface area contributed by atoms with E-state index in [2.05, 4.69) is 4.98 Å². The second-order valence-electron chi connectivity index (χ2n) is 10.4. The summed E-state index contributed by atoms with van der Waals surface area (Å²) in [5, 5.41) is 11.1. The zero-order valence-electron chi connectivity index (χ0n) is 20.4. The molecule has 3 fully saturated rings. The van der Waals surface area contributed by atoms with Gasteiger partial charge in [-0.15, -0.1) is 0 Å². The molecule has 0 radical (unpaired) electrons. The quantitative estimate of drug-likeness (QED) is 0.645. The molecule has 190 valence electrons. The van der Waals surface area contributed by atoms with Gasteiger partial charge in [0.25, 0.3) is 0 Å². The van der Waals surface area contributed by atoms with Crippen LogP contribution in [-0.4, -0.2) is 56.7 Å². The third-order valence-electron chi connectivity index (χ3n) is 8.27. The standard InChI is InChI=1S/C28H32FN3O4/c29-23-11-5-4-10-22(23)27(18-25(34)32(26(27)35)21-8-2-1-3-9-21)17-24(33)31-15-12-28(36,13-16-31)20-7-6-14-30-19-20/h4-7,10-11,14,19,21,36H,1-3,8-9,12-13,15-18H2. The predicted octanol–water partition coefficient (Wildman–Crippen LogP) is 3.45. The molecular weight excluding hydrogens is 461 g/mol. The topological polar surface area (TPSA) is 90.8 Å². The molecule has 3 amide bonds. The first-order chi connectivity index (χ1) is 17.3. The number of hydrogen-bond donors (Lipinski definition) is 1. The van der Waals surface area contributed by atoms with Gasteiger partial charge in [0.05, 0.1) is 11.0 Å². The van der Waals surface area contributed by atoms with Crippen molar-refractivity contribution in [3.63, 3.8) is 0 Å². The lowest BCUT2D eigenvalue weighted by Gasteiger charge is -2.39. The fourth-order valence-electron chi connectivity index (χ4n) is 6.19. The lowest BCUT2D eigenvalue weighted by atomic mass is 9.75. The molecule has 36 heavy (non-hydrogen) atoms. The highest BCUT2D eigenvalue weighted by atomic mass is 19.1. The number of imide groups is 1. The Kier molecular flexibility index (Phi) is 6.64. The minimum atomic E-state index is -1.55. The van der Waals surface area contributed by atoms with Gasteiger partial charge in [-0.3, -0.25) is 24.3 Å². The van der Waals surface area contributed by atoms with Crippen LogP contribution in [0.15, 0.2) is 48.8 Å². The molecule has 2 saturated heterocycles. The molecule has 3 aliphatic rings. The van der Waals surface area contributed by atoms with Crippen molar-refractivity contribution in [3.05, 3.63) is 65.7 Å². The number of hydrogen-bond acceptors (Lipinski definition) is 5. The van der Waals surface area contributed by atoms with Crippen molar-refractivity contribution < 1.29 is 23.9 Å². The van der Waals surface area contributed by atoms with Crippen LogP contribution >= 0.6 is 0 Å². The summed E-state index contributed by atoms with van der Waals surface area (Å²) in [7, 11) is 0. The molecule has 1 N–H and O–H groups in total. The van der Waals surface area contributed by atoms with Crippen LogP contribution in [0.5, 0.6) is 0 Å². The Bertz CT molecular complexity index is 1140. The fourth-order valence-corrected chi connectivity index (χ4v) is 6.19. The zero-order valence-corrected chi connectivity index (χ0v) is 20.4. The second kappa shape index (κ2) is 9.73. The molecule has 0 bridgehead atoms. The number of piperidine rings is 1. The average Bonchev–Trinajstić information content (AvgIpc) is 3.15. The fraction of sp³-hybridized carbons (Fsp3) is 0.500. The van der Waals surface area contributed by atoms with Gasteiger partial charge in [0.1, 0.15) is 5.82 Å². The van der Waals surface area contributed by atoms with E-state index in [1.54, 1.807) is 35.5 Å². The van der Waals surface area contributed by atoms with Gasteiger partial charge in [-0.1, -0.05) is 43.5 Å². The summed E-state index contributed by atoms with van der Waals surface area (Å²) < 4.78 is 15.1. The number of carbonyl (C=O) groups is 3. The van der Waals surface area contributed by atoms with Gasteiger partial charge in [0.2, 0.25) is 17.7 Å². The van der Waals surface area contributed by atoms with E-state index in [1.807, 2.05) is 6.07 Å². The van der Waals surface area contributed by atoms with E-state index in [1.165, 1.54) is 17.0 Å². The van der Waals surface area contributed by atoms with Crippen LogP contribution in [0.4, 0.5) is 4.39 Å². The second-order valence-corrected chi connectivity index (χ2v) is 10.4. The maximum Gasteiger partial charge on any atom is 0.241 e. The first-order valence-electron chi connectivity index (χ1n) is 12.9. The molecule has 1 aliphatic carbocycles. The molecule has 3 heterocycles. The molecule has 5 rings (SSSR count). The third-order valence-corrected chi connectivity index (χ3v) is 8.27. The molecular formula is C28H32FN3O4. The lowest BCUT2D eigenvalue weighted by molar-refractivity contribution is -0.146. The molecule has 1 saturated carbocycles. The highest BCUT2D eigenvalue weighted by Gasteiger charge is 2.56. The van der Waals surface area contributed by atoms with Gasteiger partial charge in [-0.2, -0.15) is 0 Å². The van der Waals surface area contributed by atoms with Crippen LogP contribution in [0.1, 0.15) is 68.9 Å². The summed E-state index contributed by atoms with van der Waals surface area (Å²) in [6.45, 7) is 0.595. The highest BCUT2D eigenvalue weighted by Crippen LogP contribution is 2.44. The summed E-state index contributed by atoms with van der Waals surface area (Å²) in [5.41, 5.74) is -1.81. The Balaban J connectivity index is 1.39.